The average Bonchev–Trinajstić information content (AvgIpc) is 2.56. The van der Waals surface area contributed by atoms with Gasteiger partial charge in [-0.2, -0.15) is 0 Å². The van der Waals surface area contributed by atoms with Crippen molar-refractivity contribution in [3.05, 3.63) is 35.4 Å². The summed E-state index contributed by atoms with van der Waals surface area (Å²) < 4.78 is 5.30. The lowest BCUT2D eigenvalue weighted by Gasteiger charge is -2.30. The van der Waals surface area contributed by atoms with E-state index in [1.165, 1.54) is 12.0 Å². The van der Waals surface area contributed by atoms with Gasteiger partial charge in [-0.25, -0.2) is 4.79 Å². The predicted molar refractivity (Wildman–Crippen MR) is 90.3 cm³/mol. The van der Waals surface area contributed by atoms with E-state index in [0.29, 0.717) is 11.5 Å². The predicted octanol–water partition coefficient (Wildman–Crippen LogP) is 3.49. The van der Waals surface area contributed by atoms with Gasteiger partial charge in [-0.1, -0.05) is 38.8 Å². The second-order valence-corrected chi connectivity index (χ2v) is 6.47. The van der Waals surface area contributed by atoms with Gasteiger partial charge in [-0.3, -0.25) is 4.79 Å². The van der Waals surface area contributed by atoms with E-state index in [2.05, 4.69) is 19.2 Å². The molecule has 0 radical (unpaired) electrons. The van der Waals surface area contributed by atoms with Crippen LogP contribution in [-0.2, 0) is 16.0 Å². The molecule has 2 rings (SSSR count). The maximum absolute atomic E-state index is 12.2. The van der Waals surface area contributed by atoms with Crippen LogP contribution in [0.5, 0.6) is 0 Å². The highest BCUT2D eigenvalue weighted by Crippen LogP contribution is 2.23. The van der Waals surface area contributed by atoms with Gasteiger partial charge in [0.25, 0.3) is 5.91 Å². The first-order chi connectivity index (χ1) is 11.0. The fourth-order valence-corrected chi connectivity index (χ4v) is 2.99. The zero-order chi connectivity index (χ0) is 16.8. The molecule has 4 heteroatoms. The van der Waals surface area contributed by atoms with Gasteiger partial charge in [0.2, 0.25) is 0 Å². The van der Waals surface area contributed by atoms with Crippen molar-refractivity contribution in [1.29, 1.82) is 0 Å². The first-order valence-electron chi connectivity index (χ1n) is 8.61. The van der Waals surface area contributed by atoms with E-state index < -0.39 is 12.1 Å². The van der Waals surface area contributed by atoms with Crippen LogP contribution in [0.2, 0.25) is 0 Å². The van der Waals surface area contributed by atoms with E-state index in [4.69, 9.17) is 4.74 Å². The van der Waals surface area contributed by atoms with Crippen LogP contribution in [0.1, 0.15) is 62.4 Å². The number of amides is 1. The molecule has 3 atom stereocenters. The standard InChI is InChI=1S/C19H27NO3/c1-4-15-9-11-16(12-10-15)19(22)23-14(3)18(21)20-17-8-6-5-7-13(17)2/h9-14,17H,4-8H2,1-3H3,(H,20,21). The summed E-state index contributed by atoms with van der Waals surface area (Å²) in [6.07, 6.45) is 4.67. The van der Waals surface area contributed by atoms with Crippen molar-refractivity contribution in [3.8, 4) is 0 Å². The van der Waals surface area contributed by atoms with Gasteiger partial charge in [0, 0.05) is 6.04 Å². The van der Waals surface area contributed by atoms with Crippen LogP contribution in [0.4, 0.5) is 0 Å². The van der Waals surface area contributed by atoms with Crippen LogP contribution in [0.15, 0.2) is 24.3 Å². The number of aryl methyl sites for hydroxylation is 1. The number of ether oxygens (including phenoxy) is 1. The largest absolute Gasteiger partial charge is 0.449 e. The maximum Gasteiger partial charge on any atom is 0.338 e. The van der Waals surface area contributed by atoms with Gasteiger partial charge >= 0.3 is 5.97 Å². The molecule has 1 aliphatic rings. The van der Waals surface area contributed by atoms with Gasteiger partial charge < -0.3 is 10.1 Å². The molecule has 1 aromatic rings. The molecule has 0 aromatic heterocycles. The Bertz CT molecular complexity index is 538. The Morgan fingerprint density at radius 1 is 1.22 bits per heavy atom. The lowest BCUT2D eigenvalue weighted by Crippen LogP contribution is -2.45. The first kappa shape index (κ1) is 17.5. The van der Waals surface area contributed by atoms with Crippen molar-refractivity contribution in [2.24, 2.45) is 5.92 Å². The summed E-state index contributed by atoms with van der Waals surface area (Å²) in [5, 5.41) is 3.03. The second kappa shape index (κ2) is 8.14. The van der Waals surface area contributed by atoms with Gasteiger partial charge in [-0.15, -0.1) is 0 Å². The van der Waals surface area contributed by atoms with E-state index in [1.807, 2.05) is 12.1 Å². The fourth-order valence-electron chi connectivity index (χ4n) is 2.99. The quantitative estimate of drug-likeness (QED) is 0.846. The summed E-state index contributed by atoms with van der Waals surface area (Å²) in [5.41, 5.74) is 1.64. The van der Waals surface area contributed by atoms with Crippen LogP contribution in [-0.4, -0.2) is 24.0 Å². The van der Waals surface area contributed by atoms with Crippen LogP contribution in [0.25, 0.3) is 0 Å². The molecular formula is C19H27NO3. The molecule has 0 heterocycles. The molecule has 1 amide bonds. The number of nitrogens with one attached hydrogen (secondary N) is 1. The fraction of sp³-hybridized carbons (Fsp3) is 0.579. The maximum atomic E-state index is 12.2. The topological polar surface area (TPSA) is 55.4 Å². The van der Waals surface area contributed by atoms with Crippen LogP contribution in [0.3, 0.4) is 0 Å². The third-order valence-corrected chi connectivity index (χ3v) is 4.69. The Balaban J connectivity index is 1.87. The highest BCUT2D eigenvalue weighted by molar-refractivity contribution is 5.92. The normalized spacial score (nSPS) is 22.2. The summed E-state index contributed by atoms with van der Waals surface area (Å²) in [7, 11) is 0. The van der Waals surface area contributed by atoms with E-state index >= 15 is 0 Å². The van der Waals surface area contributed by atoms with Gasteiger partial charge in [0.05, 0.1) is 5.56 Å². The highest BCUT2D eigenvalue weighted by Gasteiger charge is 2.26. The number of esters is 1. The first-order valence-corrected chi connectivity index (χ1v) is 8.61. The van der Waals surface area contributed by atoms with Crippen LogP contribution in [0, 0.1) is 5.92 Å². The third kappa shape index (κ3) is 4.81. The van der Waals surface area contributed by atoms with Crippen LogP contribution < -0.4 is 5.32 Å². The van der Waals surface area contributed by atoms with E-state index in [9.17, 15) is 9.59 Å². The van der Waals surface area contributed by atoms with Crippen LogP contribution >= 0.6 is 0 Å². The third-order valence-electron chi connectivity index (χ3n) is 4.69. The molecule has 1 aliphatic carbocycles. The zero-order valence-electron chi connectivity index (χ0n) is 14.3. The smallest absolute Gasteiger partial charge is 0.338 e. The lowest BCUT2D eigenvalue weighted by molar-refractivity contribution is -0.130. The number of carbonyl (C=O) groups is 2. The summed E-state index contributed by atoms with van der Waals surface area (Å²) >= 11 is 0. The Kier molecular flexibility index (Phi) is 6.20. The Morgan fingerprint density at radius 2 is 1.87 bits per heavy atom. The Hall–Kier alpha value is -1.84. The summed E-state index contributed by atoms with van der Waals surface area (Å²) in [6, 6.07) is 7.50. The molecule has 23 heavy (non-hydrogen) atoms. The Labute approximate surface area is 138 Å². The van der Waals surface area contributed by atoms with Crippen molar-refractivity contribution in [3.63, 3.8) is 0 Å². The molecule has 0 spiro atoms. The number of carbonyl (C=O) groups excluding carboxylic acids is 2. The monoisotopic (exact) mass is 317 g/mol. The number of benzene rings is 1. The van der Waals surface area contributed by atoms with Crippen molar-refractivity contribution in [1.82, 2.24) is 5.32 Å². The molecule has 1 saturated carbocycles. The minimum atomic E-state index is -0.775. The molecule has 1 N–H and O–H groups in total. The molecule has 1 fully saturated rings. The Morgan fingerprint density at radius 3 is 2.48 bits per heavy atom. The van der Waals surface area contributed by atoms with Crippen molar-refractivity contribution < 1.29 is 14.3 Å². The summed E-state index contributed by atoms with van der Waals surface area (Å²) in [6.45, 7) is 5.85. The summed E-state index contributed by atoms with van der Waals surface area (Å²) in [4.78, 5) is 24.3. The molecule has 0 bridgehead atoms. The molecule has 3 unspecified atom stereocenters. The zero-order valence-corrected chi connectivity index (χ0v) is 14.3. The molecular weight excluding hydrogens is 290 g/mol. The number of rotatable bonds is 5. The molecule has 1 aromatic carbocycles. The van der Waals surface area contributed by atoms with Gasteiger partial charge in [0.15, 0.2) is 6.10 Å². The highest BCUT2D eigenvalue weighted by atomic mass is 16.5. The molecule has 4 nitrogen and oxygen atoms in total. The van der Waals surface area contributed by atoms with Gasteiger partial charge in [-0.05, 0) is 49.8 Å². The van der Waals surface area contributed by atoms with E-state index in [-0.39, 0.29) is 11.9 Å². The molecule has 126 valence electrons. The lowest BCUT2D eigenvalue weighted by atomic mass is 9.86. The van der Waals surface area contributed by atoms with E-state index in [0.717, 1.165) is 25.7 Å². The molecule has 0 saturated heterocycles. The SMILES string of the molecule is CCc1ccc(C(=O)OC(C)C(=O)NC2CCCCC2C)cc1. The minimum Gasteiger partial charge on any atom is -0.449 e. The van der Waals surface area contributed by atoms with Crippen molar-refractivity contribution >= 4 is 11.9 Å². The van der Waals surface area contributed by atoms with Crippen molar-refractivity contribution in [2.75, 3.05) is 0 Å². The number of hydrogen-bond donors (Lipinski definition) is 1. The van der Waals surface area contributed by atoms with Gasteiger partial charge in [0.1, 0.15) is 0 Å². The summed E-state index contributed by atoms with van der Waals surface area (Å²) in [5.74, 6) is -0.175. The minimum absolute atomic E-state index is 0.196. The average molecular weight is 317 g/mol. The van der Waals surface area contributed by atoms with E-state index in [1.54, 1.807) is 19.1 Å². The second-order valence-electron chi connectivity index (χ2n) is 6.47. The molecule has 0 aliphatic heterocycles. The number of hydrogen-bond acceptors (Lipinski definition) is 3. The van der Waals surface area contributed by atoms with Crippen molar-refractivity contribution in [2.45, 2.75) is 65.0 Å².